The zero-order chi connectivity index (χ0) is 15.2. The van der Waals surface area contributed by atoms with Gasteiger partial charge in [0.05, 0.1) is 5.56 Å². The molecule has 5 nitrogen and oxygen atoms in total. The zero-order valence-corrected chi connectivity index (χ0v) is 10.9. The Kier molecular flexibility index (Phi) is 4.55. The van der Waals surface area contributed by atoms with Gasteiger partial charge < -0.3 is 10.6 Å². The smallest absolute Gasteiger partial charge is 0.254 e. The fourth-order valence-corrected chi connectivity index (χ4v) is 1.51. The number of benzene rings is 1. The highest BCUT2D eigenvalue weighted by molar-refractivity contribution is 5.93. The van der Waals surface area contributed by atoms with Gasteiger partial charge in [0.2, 0.25) is 5.95 Å². The molecular weight excluding hydrogens is 278 g/mol. The summed E-state index contributed by atoms with van der Waals surface area (Å²) in [5.74, 6) is -1.89. The molecule has 0 aliphatic heterocycles. The van der Waals surface area contributed by atoms with Crippen molar-refractivity contribution in [1.29, 1.82) is 0 Å². The second-order valence-corrected chi connectivity index (χ2v) is 4.02. The Morgan fingerprint density at radius 1 is 1.24 bits per heavy atom. The summed E-state index contributed by atoms with van der Waals surface area (Å²) in [5, 5.41) is 4.99. The Labute approximate surface area is 119 Å². The summed E-state index contributed by atoms with van der Waals surface area (Å²) in [6.45, 7) is 3.80. The van der Waals surface area contributed by atoms with Crippen LogP contribution in [-0.2, 0) is 0 Å². The van der Waals surface area contributed by atoms with Crippen LogP contribution >= 0.6 is 0 Å². The lowest BCUT2D eigenvalue weighted by atomic mass is 10.3. The second-order valence-electron chi connectivity index (χ2n) is 4.02. The number of amides is 1. The topological polar surface area (TPSA) is 66.9 Å². The third kappa shape index (κ3) is 3.59. The third-order valence-electron chi connectivity index (χ3n) is 2.52. The largest absolute Gasteiger partial charge is 0.348 e. The zero-order valence-electron chi connectivity index (χ0n) is 10.9. The number of para-hydroxylation sites is 1. The predicted octanol–water partition coefficient (Wildman–Crippen LogP) is 2.41. The summed E-state index contributed by atoms with van der Waals surface area (Å²) in [6, 6.07) is 3.48. The van der Waals surface area contributed by atoms with Crippen LogP contribution in [0.2, 0.25) is 0 Å². The molecule has 0 saturated carbocycles. The molecule has 2 rings (SSSR count). The molecule has 0 unspecified atom stereocenters. The van der Waals surface area contributed by atoms with E-state index in [0.29, 0.717) is 6.54 Å². The van der Waals surface area contributed by atoms with Gasteiger partial charge in [-0.15, -0.1) is 6.58 Å². The molecule has 7 heteroatoms. The number of nitrogens with one attached hydrogen (secondary N) is 2. The van der Waals surface area contributed by atoms with Crippen molar-refractivity contribution >= 4 is 17.5 Å². The van der Waals surface area contributed by atoms with Crippen molar-refractivity contribution in [2.45, 2.75) is 0 Å². The molecule has 1 aromatic carbocycles. The minimum absolute atomic E-state index is 0.0146. The van der Waals surface area contributed by atoms with Gasteiger partial charge in [-0.2, -0.15) is 0 Å². The monoisotopic (exact) mass is 290 g/mol. The number of aromatic nitrogens is 2. The van der Waals surface area contributed by atoms with E-state index in [4.69, 9.17) is 0 Å². The molecule has 0 aliphatic rings. The summed E-state index contributed by atoms with van der Waals surface area (Å²) >= 11 is 0. The fourth-order valence-electron chi connectivity index (χ4n) is 1.51. The number of carbonyl (C=O) groups is 1. The molecule has 2 N–H and O–H groups in total. The maximum absolute atomic E-state index is 13.5. The van der Waals surface area contributed by atoms with Crippen LogP contribution < -0.4 is 10.6 Å². The molecule has 0 aliphatic carbocycles. The lowest BCUT2D eigenvalue weighted by Gasteiger charge is -2.07. The van der Waals surface area contributed by atoms with E-state index >= 15 is 0 Å². The van der Waals surface area contributed by atoms with Crippen molar-refractivity contribution in [3.8, 4) is 0 Å². The van der Waals surface area contributed by atoms with E-state index in [1.54, 1.807) is 0 Å². The van der Waals surface area contributed by atoms with Crippen LogP contribution in [0, 0.1) is 11.6 Å². The van der Waals surface area contributed by atoms with Gasteiger partial charge in [-0.25, -0.2) is 18.7 Å². The molecule has 21 heavy (non-hydrogen) atoms. The van der Waals surface area contributed by atoms with Crippen molar-refractivity contribution in [2.75, 3.05) is 11.9 Å². The SMILES string of the molecule is C=CCNC(=O)c1cnc(Nc2c(F)cccc2F)nc1. The van der Waals surface area contributed by atoms with Crippen LogP contribution in [0.1, 0.15) is 10.4 Å². The Balaban J connectivity index is 2.12. The van der Waals surface area contributed by atoms with Crippen molar-refractivity contribution < 1.29 is 13.6 Å². The van der Waals surface area contributed by atoms with Crippen LogP contribution in [0.15, 0.2) is 43.2 Å². The van der Waals surface area contributed by atoms with Crippen molar-refractivity contribution in [2.24, 2.45) is 0 Å². The van der Waals surface area contributed by atoms with Gasteiger partial charge in [0.1, 0.15) is 17.3 Å². The van der Waals surface area contributed by atoms with Crippen molar-refractivity contribution in [3.63, 3.8) is 0 Å². The number of halogens is 2. The van der Waals surface area contributed by atoms with Gasteiger partial charge in [0.25, 0.3) is 5.91 Å². The lowest BCUT2D eigenvalue weighted by molar-refractivity contribution is 0.0957. The van der Waals surface area contributed by atoms with E-state index in [-0.39, 0.29) is 23.1 Å². The average Bonchev–Trinajstić information content (AvgIpc) is 2.49. The molecule has 1 aromatic heterocycles. The first-order valence-corrected chi connectivity index (χ1v) is 6.04. The molecular formula is C14H12F2N4O. The molecule has 0 spiro atoms. The highest BCUT2D eigenvalue weighted by Gasteiger charge is 2.11. The third-order valence-corrected chi connectivity index (χ3v) is 2.52. The molecule has 1 heterocycles. The second kappa shape index (κ2) is 6.56. The van der Waals surface area contributed by atoms with Gasteiger partial charge in [-0.05, 0) is 12.1 Å². The van der Waals surface area contributed by atoms with E-state index in [2.05, 4.69) is 27.2 Å². The molecule has 0 radical (unpaired) electrons. The van der Waals surface area contributed by atoms with Crippen LogP contribution in [0.4, 0.5) is 20.4 Å². The number of rotatable bonds is 5. The van der Waals surface area contributed by atoms with Gasteiger partial charge in [0.15, 0.2) is 0 Å². The molecule has 0 bridgehead atoms. The van der Waals surface area contributed by atoms with E-state index in [9.17, 15) is 13.6 Å². The van der Waals surface area contributed by atoms with Crippen LogP contribution in [0.5, 0.6) is 0 Å². The summed E-state index contributed by atoms with van der Waals surface area (Å²) < 4.78 is 26.9. The van der Waals surface area contributed by atoms with Gasteiger partial charge >= 0.3 is 0 Å². The summed E-state index contributed by atoms with van der Waals surface area (Å²) in [6.07, 6.45) is 4.05. The highest BCUT2D eigenvalue weighted by Crippen LogP contribution is 2.20. The number of anilines is 2. The summed E-state index contributed by atoms with van der Waals surface area (Å²) in [5.41, 5.74) is -0.113. The van der Waals surface area contributed by atoms with Crippen molar-refractivity contribution in [1.82, 2.24) is 15.3 Å². The average molecular weight is 290 g/mol. The summed E-state index contributed by atoms with van der Waals surface area (Å²) in [7, 11) is 0. The molecule has 0 saturated heterocycles. The Bertz CT molecular complexity index is 638. The molecule has 1 amide bonds. The maximum Gasteiger partial charge on any atom is 0.254 e. The molecule has 2 aromatic rings. The van der Waals surface area contributed by atoms with Crippen LogP contribution in [0.3, 0.4) is 0 Å². The molecule has 0 fully saturated rings. The van der Waals surface area contributed by atoms with E-state index in [0.717, 1.165) is 12.1 Å². The van der Waals surface area contributed by atoms with E-state index in [1.807, 2.05) is 0 Å². The van der Waals surface area contributed by atoms with Gasteiger partial charge in [-0.3, -0.25) is 4.79 Å². The first-order chi connectivity index (χ1) is 10.1. The normalized spacial score (nSPS) is 10.0. The Morgan fingerprint density at radius 3 is 2.43 bits per heavy atom. The fraction of sp³-hybridized carbons (Fsp3) is 0.0714. The number of hydrogen-bond donors (Lipinski definition) is 2. The number of hydrogen-bond acceptors (Lipinski definition) is 4. The van der Waals surface area contributed by atoms with Crippen LogP contribution in [-0.4, -0.2) is 22.4 Å². The predicted molar refractivity (Wildman–Crippen MR) is 74.2 cm³/mol. The first-order valence-electron chi connectivity index (χ1n) is 6.04. The van der Waals surface area contributed by atoms with E-state index in [1.165, 1.54) is 24.5 Å². The minimum Gasteiger partial charge on any atom is -0.348 e. The van der Waals surface area contributed by atoms with Crippen molar-refractivity contribution in [3.05, 3.63) is 60.4 Å². The van der Waals surface area contributed by atoms with Gasteiger partial charge in [-0.1, -0.05) is 12.1 Å². The quantitative estimate of drug-likeness (QED) is 0.830. The Morgan fingerprint density at radius 2 is 1.86 bits per heavy atom. The molecule has 108 valence electrons. The number of nitrogens with zero attached hydrogens (tertiary/aromatic N) is 2. The molecule has 0 atom stereocenters. The maximum atomic E-state index is 13.5. The lowest BCUT2D eigenvalue weighted by Crippen LogP contribution is -2.23. The number of carbonyl (C=O) groups excluding carboxylic acids is 1. The first kappa shape index (κ1) is 14.6. The Hall–Kier alpha value is -2.83. The minimum atomic E-state index is -0.758. The highest BCUT2D eigenvalue weighted by atomic mass is 19.1. The van der Waals surface area contributed by atoms with Gasteiger partial charge in [0, 0.05) is 18.9 Å². The van der Waals surface area contributed by atoms with Crippen LogP contribution in [0.25, 0.3) is 0 Å². The standard InChI is InChI=1S/C14H12F2N4O/c1-2-6-17-13(21)9-7-18-14(19-8-9)20-12-10(15)4-3-5-11(12)16/h2-5,7-8H,1,6H2,(H,17,21)(H,18,19,20). The van der Waals surface area contributed by atoms with E-state index < -0.39 is 11.6 Å². The summed E-state index contributed by atoms with van der Waals surface area (Å²) in [4.78, 5) is 19.3.